The lowest BCUT2D eigenvalue weighted by Gasteiger charge is -2.12. The molecular formula is C16H20BrN3O. The van der Waals surface area contributed by atoms with Gasteiger partial charge in [-0.25, -0.2) is 0 Å². The number of anilines is 1. The number of carbonyl (C=O) groups excluding carboxylic acids is 1. The summed E-state index contributed by atoms with van der Waals surface area (Å²) < 4.78 is 2.82. The molecule has 21 heavy (non-hydrogen) atoms. The van der Waals surface area contributed by atoms with E-state index in [1.165, 1.54) is 0 Å². The van der Waals surface area contributed by atoms with Crippen molar-refractivity contribution in [2.75, 3.05) is 5.73 Å². The first kappa shape index (κ1) is 15.8. The van der Waals surface area contributed by atoms with Crippen LogP contribution in [0.5, 0.6) is 0 Å². The standard InChI is InChI=1S/C16H20BrN3O/c1-3-13(4-2)20-8-7-12(19-20)10-16(21)14-6-5-11(17)9-15(14)18/h5-9,13H,3-4,10,18H2,1-2H3. The van der Waals surface area contributed by atoms with Gasteiger partial charge in [0.1, 0.15) is 0 Å². The number of rotatable bonds is 6. The number of aromatic nitrogens is 2. The second kappa shape index (κ2) is 6.89. The van der Waals surface area contributed by atoms with Crippen molar-refractivity contribution in [3.05, 3.63) is 46.2 Å². The maximum atomic E-state index is 12.3. The van der Waals surface area contributed by atoms with Crippen LogP contribution in [0.25, 0.3) is 0 Å². The second-order valence-electron chi connectivity index (χ2n) is 5.09. The number of Topliss-reactive ketones (excluding diaryl/α,β-unsaturated/α-hetero) is 1. The number of benzene rings is 1. The quantitative estimate of drug-likeness (QED) is 0.632. The van der Waals surface area contributed by atoms with Crippen LogP contribution in [0.2, 0.25) is 0 Å². The Bertz CT molecular complexity index is 632. The number of nitrogens with zero attached hydrogens (tertiary/aromatic N) is 2. The lowest BCUT2D eigenvalue weighted by molar-refractivity contribution is 0.0992. The van der Waals surface area contributed by atoms with Gasteiger partial charge in [-0.15, -0.1) is 0 Å². The van der Waals surface area contributed by atoms with Crippen molar-refractivity contribution < 1.29 is 4.79 Å². The molecule has 1 aromatic carbocycles. The Balaban J connectivity index is 2.13. The first-order valence-corrected chi connectivity index (χ1v) is 7.96. The Morgan fingerprint density at radius 2 is 2.05 bits per heavy atom. The average molecular weight is 350 g/mol. The molecule has 0 unspecified atom stereocenters. The maximum absolute atomic E-state index is 12.3. The van der Waals surface area contributed by atoms with Gasteiger partial charge in [0.25, 0.3) is 0 Å². The number of hydrogen-bond acceptors (Lipinski definition) is 3. The van der Waals surface area contributed by atoms with Gasteiger partial charge in [0, 0.05) is 21.9 Å². The molecule has 0 aliphatic heterocycles. The van der Waals surface area contributed by atoms with E-state index in [-0.39, 0.29) is 12.2 Å². The Morgan fingerprint density at radius 1 is 1.33 bits per heavy atom. The van der Waals surface area contributed by atoms with Crippen molar-refractivity contribution in [2.24, 2.45) is 0 Å². The van der Waals surface area contributed by atoms with Crippen LogP contribution >= 0.6 is 15.9 Å². The van der Waals surface area contributed by atoms with Gasteiger partial charge in [-0.05, 0) is 37.1 Å². The van der Waals surface area contributed by atoms with Gasteiger partial charge in [-0.2, -0.15) is 5.10 Å². The van der Waals surface area contributed by atoms with E-state index in [1.807, 2.05) is 23.0 Å². The molecule has 0 bridgehead atoms. The molecule has 2 rings (SSSR count). The summed E-state index contributed by atoms with van der Waals surface area (Å²) in [4.78, 5) is 12.3. The molecule has 112 valence electrons. The number of nitrogen functional groups attached to an aromatic ring is 1. The largest absolute Gasteiger partial charge is 0.398 e. The molecule has 0 fully saturated rings. The van der Waals surface area contributed by atoms with Gasteiger partial charge in [0.2, 0.25) is 0 Å². The average Bonchev–Trinajstić information content (AvgIpc) is 2.88. The minimum atomic E-state index is -0.00482. The highest BCUT2D eigenvalue weighted by Crippen LogP contribution is 2.20. The topological polar surface area (TPSA) is 60.9 Å². The molecule has 0 saturated heterocycles. The number of carbonyl (C=O) groups is 1. The van der Waals surface area contributed by atoms with Crippen molar-refractivity contribution in [2.45, 2.75) is 39.2 Å². The maximum Gasteiger partial charge on any atom is 0.170 e. The summed E-state index contributed by atoms with van der Waals surface area (Å²) in [5, 5.41) is 4.51. The van der Waals surface area contributed by atoms with Crippen LogP contribution in [-0.2, 0) is 6.42 Å². The smallest absolute Gasteiger partial charge is 0.170 e. The summed E-state index contributed by atoms with van der Waals surface area (Å²) in [6.07, 6.45) is 4.29. The van der Waals surface area contributed by atoms with Crippen molar-refractivity contribution in [1.82, 2.24) is 9.78 Å². The summed E-state index contributed by atoms with van der Waals surface area (Å²) in [7, 11) is 0. The molecule has 0 spiro atoms. The van der Waals surface area contributed by atoms with Crippen molar-refractivity contribution in [3.8, 4) is 0 Å². The minimum absolute atomic E-state index is 0.00482. The molecule has 1 aromatic heterocycles. The van der Waals surface area contributed by atoms with Crippen molar-refractivity contribution in [1.29, 1.82) is 0 Å². The van der Waals surface area contributed by atoms with E-state index in [0.717, 1.165) is 23.0 Å². The van der Waals surface area contributed by atoms with E-state index in [0.29, 0.717) is 17.3 Å². The van der Waals surface area contributed by atoms with E-state index in [9.17, 15) is 4.79 Å². The van der Waals surface area contributed by atoms with Gasteiger partial charge in [-0.3, -0.25) is 9.48 Å². The summed E-state index contributed by atoms with van der Waals surface area (Å²) in [5.74, 6) is -0.00482. The fourth-order valence-corrected chi connectivity index (χ4v) is 2.76. The monoisotopic (exact) mass is 349 g/mol. The predicted octanol–water partition coefficient (Wildman–Crippen LogP) is 4.01. The molecule has 2 aromatic rings. The molecule has 0 amide bonds. The molecular weight excluding hydrogens is 330 g/mol. The molecule has 0 atom stereocenters. The summed E-state index contributed by atoms with van der Waals surface area (Å²) in [5.41, 5.74) is 7.73. The molecule has 4 nitrogen and oxygen atoms in total. The number of hydrogen-bond donors (Lipinski definition) is 1. The fourth-order valence-electron chi connectivity index (χ4n) is 2.39. The molecule has 0 saturated carbocycles. The first-order valence-electron chi connectivity index (χ1n) is 7.17. The first-order chi connectivity index (χ1) is 10.0. The zero-order valence-corrected chi connectivity index (χ0v) is 13.9. The van der Waals surface area contributed by atoms with Gasteiger partial charge >= 0.3 is 0 Å². The van der Waals surface area contributed by atoms with Crippen LogP contribution in [-0.4, -0.2) is 15.6 Å². The van der Waals surface area contributed by atoms with Gasteiger partial charge in [0.15, 0.2) is 5.78 Å². The van der Waals surface area contributed by atoms with Crippen LogP contribution in [0, 0.1) is 0 Å². The van der Waals surface area contributed by atoms with Crippen LogP contribution in [0.4, 0.5) is 5.69 Å². The lowest BCUT2D eigenvalue weighted by Crippen LogP contribution is -2.10. The van der Waals surface area contributed by atoms with E-state index in [4.69, 9.17) is 5.73 Å². The number of halogens is 1. The minimum Gasteiger partial charge on any atom is -0.398 e. The molecule has 5 heteroatoms. The van der Waals surface area contributed by atoms with Crippen LogP contribution < -0.4 is 5.73 Å². The lowest BCUT2D eigenvalue weighted by atomic mass is 10.1. The molecule has 2 N–H and O–H groups in total. The highest BCUT2D eigenvalue weighted by Gasteiger charge is 2.14. The molecule has 0 aliphatic rings. The Labute approximate surface area is 133 Å². The van der Waals surface area contributed by atoms with Crippen LogP contribution in [0.1, 0.15) is 48.8 Å². The Kier molecular flexibility index (Phi) is 5.17. The SMILES string of the molecule is CCC(CC)n1ccc(CC(=O)c2ccc(Br)cc2N)n1. The highest BCUT2D eigenvalue weighted by molar-refractivity contribution is 9.10. The summed E-state index contributed by atoms with van der Waals surface area (Å²) in [6.45, 7) is 4.28. The van der Waals surface area contributed by atoms with Gasteiger partial charge in [0.05, 0.1) is 18.2 Å². The Morgan fingerprint density at radius 3 is 2.67 bits per heavy atom. The highest BCUT2D eigenvalue weighted by atomic mass is 79.9. The van der Waals surface area contributed by atoms with E-state index >= 15 is 0 Å². The predicted molar refractivity (Wildman–Crippen MR) is 88.4 cm³/mol. The zero-order chi connectivity index (χ0) is 15.4. The normalized spacial score (nSPS) is 11.0. The zero-order valence-electron chi connectivity index (χ0n) is 12.3. The Hall–Kier alpha value is -1.62. The third-order valence-electron chi connectivity index (χ3n) is 3.64. The van der Waals surface area contributed by atoms with Gasteiger partial charge in [-0.1, -0.05) is 29.8 Å². The molecule has 0 aliphatic carbocycles. The van der Waals surface area contributed by atoms with E-state index < -0.39 is 0 Å². The second-order valence-corrected chi connectivity index (χ2v) is 6.00. The summed E-state index contributed by atoms with van der Waals surface area (Å²) >= 11 is 3.34. The van der Waals surface area contributed by atoms with Crippen molar-refractivity contribution in [3.63, 3.8) is 0 Å². The fraction of sp³-hybridized carbons (Fsp3) is 0.375. The van der Waals surface area contributed by atoms with E-state index in [1.54, 1.807) is 12.1 Å². The third kappa shape index (κ3) is 3.73. The molecule has 1 heterocycles. The van der Waals surface area contributed by atoms with Crippen LogP contribution in [0.15, 0.2) is 34.9 Å². The summed E-state index contributed by atoms with van der Waals surface area (Å²) in [6, 6.07) is 7.62. The number of nitrogens with two attached hydrogens (primary N) is 1. The third-order valence-corrected chi connectivity index (χ3v) is 4.13. The molecule has 0 radical (unpaired) electrons. The number of ketones is 1. The van der Waals surface area contributed by atoms with Gasteiger partial charge < -0.3 is 5.73 Å². The van der Waals surface area contributed by atoms with E-state index in [2.05, 4.69) is 34.9 Å². The van der Waals surface area contributed by atoms with Crippen molar-refractivity contribution >= 4 is 27.4 Å². The van der Waals surface area contributed by atoms with Crippen LogP contribution in [0.3, 0.4) is 0 Å².